The molecule has 0 aliphatic carbocycles. The van der Waals surface area contributed by atoms with Crippen LogP contribution in [-0.4, -0.2) is 48.5 Å². The number of methoxy groups -OCH3 is 1. The number of anilines is 1. The van der Waals surface area contributed by atoms with Crippen LogP contribution in [0.5, 0.6) is 5.75 Å². The maximum absolute atomic E-state index is 12.4. The van der Waals surface area contributed by atoms with E-state index in [1.807, 2.05) is 18.2 Å². The fourth-order valence-corrected chi connectivity index (χ4v) is 3.53. The van der Waals surface area contributed by atoms with Crippen molar-refractivity contribution in [2.45, 2.75) is 18.4 Å². The number of hydrogen-bond acceptors (Lipinski definition) is 6. The van der Waals surface area contributed by atoms with E-state index < -0.39 is 4.92 Å². The maximum Gasteiger partial charge on any atom is 0.271 e. The van der Waals surface area contributed by atoms with Crippen LogP contribution < -0.4 is 15.8 Å². The van der Waals surface area contributed by atoms with Gasteiger partial charge in [0.2, 0.25) is 5.91 Å². The molecule has 2 atom stereocenters. The van der Waals surface area contributed by atoms with E-state index in [0.29, 0.717) is 18.0 Å². The van der Waals surface area contributed by atoms with Crippen LogP contribution in [0.25, 0.3) is 0 Å². The first-order chi connectivity index (χ1) is 13.5. The minimum Gasteiger partial charge on any atom is -0.495 e. The average molecular weight is 384 g/mol. The normalized spacial score (nSPS) is 19.4. The Kier molecular flexibility index (Phi) is 6.23. The number of nitro benzene ring substituents is 1. The van der Waals surface area contributed by atoms with Crippen LogP contribution in [0.3, 0.4) is 0 Å². The first-order valence-electron chi connectivity index (χ1n) is 9.13. The molecule has 148 valence electrons. The highest BCUT2D eigenvalue weighted by molar-refractivity contribution is 5.92. The fourth-order valence-electron chi connectivity index (χ4n) is 3.53. The number of non-ortho nitro benzene ring substituents is 1. The lowest BCUT2D eigenvalue weighted by Gasteiger charge is -2.16. The summed E-state index contributed by atoms with van der Waals surface area (Å²) in [6, 6.07) is 14.3. The van der Waals surface area contributed by atoms with Gasteiger partial charge in [0.1, 0.15) is 5.75 Å². The number of amides is 1. The number of nitrogens with two attached hydrogens (primary N) is 1. The van der Waals surface area contributed by atoms with E-state index in [1.165, 1.54) is 30.9 Å². The van der Waals surface area contributed by atoms with Gasteiger partial charge in [0, 0.05) is 50.1 Å². The minimum atomic E-state index is -0.509. The van der Waals surface area contributed by atoms with Gasteiger partial charge in [-0.3, -0.25) is 14.9 Å². The van der Waals surface area contributed by atoms with Gasteiger partial charge in [0.15, 0.2) is 0 Å². The smallest absolute Gasteiger partial charge is 0.271 e. The summed E-state index contributed by atoms with van der Waals surface area (Å²) in [5, 5.41) is 13.7. The maximum atomic E-state index is 12.4. The van der Waals surface area contributed by atoms with Gasteiger partial charge in [-0.05, 0) is 11.6 Å². The van der Waals surface area contributed by atoms with Gasteiger partial charge in [-0.15, -0.1) is 0 Å². The van der Waals surface area contributed by atoms with Crippen molar-refractivity contribution in [2.24, 2.45) is 5.73 Å². The molecular weight excluding hydrogens is 360 g/mol. The Balaban J connectivity index is 1.56. The van der Waals surface area contributed by atoms with Crippen LogP contribution in [0, 0.1) is 10.1 Å². The van der Waals surface area contributed by atoms with Crippen LogP contribution in [0.4, 0.5) is 11.4 Å². The Morgan fingerprint density at radius 3 is 2.71 bits per heavy atom. The molecule has 8 nitrogen and oxygen atoms in total. The third kappa shape index (κ3) is 4.65. The number of rotatable bonds is 7. The second-order valence-electron chi connectivity index (χ2n) is 6.88. The van der Waals surface area contributed by atoms with Crippen LogP contribution in [-0.2, 0) is 4.79 Å². The zero-order valence-corrected chi connectivity index (χ0v) is 15.7. The first kappa shape index (κ1) is 19.8. The lowest BCUT2D eigenvalue weighted by atomic mass is 9.95. The summed E-state index contributed by atoms with van der Waals surface area (Å²) in [5.41, 5.74) is 7.69. The average Bonchev–Trinajstić information content (AvgIpc) is 3.07. The van der Waals surface area contributed by atoms with Crippen LogP contribution in [0.2, 0.25) is 0 Å². The van der Waals surface area contributed by atoms with Crippen molar-refractivity contribution >= 4 is 17.3 Å². The molecule has 0 radical (unpaired) electrons. The van der Waals surface area contributed by atoms with E-state index in [0.717, 1.165) is 13.1 Å². The summed E-state index contributed by atoms with van der Waals surface area (Å²) >= 11 is 0. The number of likely N-dealkylation sites (tertiary alicyclic amines) is 1. The molecule has 1 heterocycles. The molecule has 28 heavy (non-hydrogen) atoms. The van der Waals surface area contributed by atoms with Gasteiger partial charge in [-0.25, -0.2) is 0 Å². The van der Waals surface area contributed by atoms with Crippen LogP contribution >= 0.6 is 0 Å². The Morgan fingerprint density at radius 2 is 2.04 bits per heavy atom. The monoisotopic (exact) mass is 384 g/mol. The largest absolute Gasteiger partial charge is 0.495 e. The highest BCUT2D eigenvalue weighted by Crippen LogP contribution is 2.29. The molecule has 3 N–H and O–H groups in total. The Bertz CT molecular complexity index is 843. The van der Waals surface area contributed by atoms with Crippen molar-refractivity contribution in [3.05, 3.63) is 64.2 Å². The number of benzene rings is 2. The molecular formula is C20H24N4O4. The predicted molar refractivity (Wildman–Crippen MR) is 106 cm³/mol. The Hall–Kier alpha value is -2.97. The van der Waals surface area contributed by atoms with Crippen LogP contribution in [0.1, 0.15) is 17.9 Å². The number of nitrogens with one attached hydrogen (secondary N) is 1. The van der Waals surface area contributed by atoms with Crippen molar-refractivity contribution in [1.29, 1.82) is 0 Å². The van der Waals surface area contributed by atoms with E-state index in [1.54, 1.807) is 0 Å². The Labute approximate surface area is 163 Å². The van der Waals surface area contributed by atoms with Crippen molar-refractivity contribution in [3.8, 4) is 5.75 Å². The third-order valence-corrected chi connectivity index (χ3v) is 4.99. The molecule has 8 heteroatoms. The zero-order chi connectivity index (χ0) is 20.1. The summed E-state index contributed by atoms with van der Waals surface area (Å²) in [4.78, 5) is 25.0. The first-order valence-corrected chi connectivity index (χ1v) is 9.13. The summed E-state index contributed by atoms with van der Waals surface area (Å²) in [6.45, 7) is 2.10. The highest BCUT2D eigenvalue weighted by atomic mass is 16.6. The molecule has 0 bridgehead atoms. The van der Waals surface area contributed by atoms with E-state index in [9.17, 15) is 14.9 Å². The summed E-state index contributed by atoms with van der Waals surface area (Å²) in [7, 11) is 1.45. The number of carbonyl (C=O) groups excluding carboxylic acids is 1. The molecule has 2 aromatic carbocycles. The van der Waals surface area contributed by atoms with Gasteiger partial charge >= 0.3 is 0 Å². The van der Waals surface area contributed by atoms with E-state index in [-0.39, 0.29) is 30.0 Å². The number of nitrogens with zero attached hydrogens (tertiary/aromatic N) is 2. The van der Waals surface area contributed by atoms with Gasteiger partial charge in [-0.2, -0.15) is 0 Å². The molecule has 0 unspecified atom stereocenters. The molecule has 1 aliphatic heterocycles. The fraction of sp³-hybridized carbons (Fsp3) is 0.350. The predicted octanol–water partition coefficient (Wildman–Crippen LogP) is 2.36. The van der Waals surface area contributed by atoms with Gasteiger partial charge < -0.3 is 20.7 Å². The minimum absolute atomic E-state index is 0.0299. The van der Waals surface area contributed by atoms with E-state index in [2.05, 4.69) is 22.3 Å². The molecule has 1 fully saturated rings. The molecule has 1 aliphatic rings. The van der Waals surface area contributed by atoms with Crippen molar-refractivity contribution < 1.29 is 14.5 Å². The molecule has 1 saturated heterocycles. The third-order valence-electron chi connectivity index (χ3n) is 4.99. The highest BCUT2D eigenvalue weighted by Gasteiger charge is 2.31. The molecule has 1 amide bonds. The number of hydrogen-bond donors (Lipinski definition) is 2. The van der Waals surface area contributed by atoms with Crippen LogP contribution in [0.15, 0.2) is 48.5 Å². The molecule has 2 aromatic rings. The topological polar surface area (TPSA) is 111 Å². The summed E-state index contributed by atoms with van der Waals surface area (Å²) < 4.78 is 5.17. The van der Waals surface area contributed by atoms with Gasteiger partial charge in [0.25, 0.3) is 5.69 Å². The second kappa shape index (κ2) is 8.81. The van der Waals surface area contributed by atoms with Crippen molar-refractivity contribution in [1.82, 2.24) is 4.90 Å². The number of ether oxygens (including phenoxy) is 1. The second-order valence-corrected chi connectivity index (χ2v) is 6.88. The number of nitro groups is 1. The lowest BCUT2D eigenvalue weighted by Crippen LogP contribution is -2.30. The molecule has 0 saturated carbocycles. The SMILES string of the molecule is COc1ccc([N+](=O)[O-])cc1NC(=O)CCN1C[C@@H](N)[C@H](c2ccccc2)C1. The number of carbonyl (C=O) groups is 1. The standard InChI is InChI=1S/C20H24N4O4/c1-28-19-8-7-15(24(26)27)11-18(19)22-20(25)9-10-23-12-16(17(21)13-23)14-5-3-2-4-6-14/h2-8,11,16-17H,9-10,12-13,21H2,1H3,(H,22,25)/t16-,17+/m0/s1. The summed E-state index contributed by atoms with van der Waals surface area (Å²) in [5.74, 6) is 0.406. The van der Waals surface area contributed by atoms with Gasteiger partial charge in [-0.1, -0.05) is 30.3 Å². The Morgan fingerprint density at radius 1 is 1.29 bits per heavy atom. The van der Waals surface area contributed by atoms with Crippen molar-refractivity contribution in [2.75, 3.05) is 32.1 Å². The quantitative estimate of drug-likeness (QED) is 0.560. The summed E-state index contributed by atoms with van der Waals surface area (Å²) in [6.07, 6.45) is 0.264. The van der Waals surface area contributed by atoms with E-state index in [4.69, 9.17) is 10.5 Å². The molecule has 0 aromatic heterocycles. The van der Waals surface area contributed by atoms with E-state index >= 15 is 0 Å². The van der Waals surface area contributed by atoms with Crippen molar-refractivity contribution in [3.63, 3.8) is 0 Å². The molecule has 0 spiro atoms. The lowest BCUT2D eigenvalue weighted by molar-refractivity contribution is -0.384. The zero-order valence-electron chi connectivity index (χ0n) is 15.7. The van der Waals surface area contributed by atoms with Gasteiger partial charge in [0.05, 0.1) is 17.7 Å². The molecule has 3 rings (SSSR count).